The lowest BCUT2D eigenvalue weighted by Crippen LogP contribution is -2.32. The van der Waals surface area contributed by atoms with E-state index >= 15 is 0 Å². The summed E-state index contributed by atoms with van der Waals surface area (Å²) in [5, 5.41) is 5.96. The Balaban J connectivity index is 1.14. The molecule has 252 valence electrons. The Morgan fingerprint density at radius 3 is 2.12 bits per heavy atom. The number of benzene rings is 4. The number of carbonyl (C=O) groups is 2. The van der Waals surface area contributed by atoms with Crippen LogP contribution >= 0.6 is 0 Å². The Morgan fingerprint density at radius 1 is 0.755 bits per heavy atom. The van der Waals surface area contributed by atoms with Crippen molar-refractivity contribution >= 4 is 34.2 Å². The molecular formula is C38H37N3O8. The first kappa shape index (κ1) is 33.1. The molecule has 0 radical (unpaired) electrons. The van der Waals surface area contributed by atoms with E-state index in [1.165, 1.54) is 37.5 Å². The van der Waals surface area contributed by atoms with Gasteiger partial charge in [0.15, 0.2) is 34.2 Å². The second-order valence-electron chi connectivity index (χ2n) is 11.6. The Morgan fingerprint density at radius 2 is 1.41 bits per heavy atom. The molecule has 49 heavy (non-hydrogen) atoms. The van der Waals surface area contributed by atoms with Crippen molar-refractivity contribution in [1.82, 2.24) is 4.90 Å². The van der Waals surface area contributed by atoms with Crippen LogP contribution < -0.4 is 35.0 Å². The van der Waals surface area contributed by atoms with Gasteiger partial charge >= 0.3 is 0 Å². The van der Waals surface area contributed by atoms with E-state index in [1.54, 1.807) is 38.5 Å². The van der Waals surface area contributed by atoms with Gasteiger partial charge in [-0.25, -0.2) is 0 Å². The molecule has 1 aromatic heterocycles. The Hall–Kier alpha value is -5.81. The molecule has 0 bridgehead atoms. The fourth-order valence-corrected chi connectivity index (χ4v) is 5.94. The van der Waals surface area contributed by atoms with Gasteiger partial charge < -0.3 is 34.0 Å². The van der Waals surface area contributed by atoms with E-state index < -0.39 is 11.8 Å². The van der Waals surface area contributed by atoms with Crippen molar-refractivity contribution in [3.05, 3.63) is 117 Å². The Kier molecular flexibility index (Phi) is 9.82. The molecule has 0 saturated carbocycles. The normalized spacial score (nSPS) is 12.6. The summed E-state index contributed by atoms with van der Waals surface area (Å²) in [6.07, 6.45) is 1.78. The van der Waals surface area contributed by atoms with E-state index in [-0.39, 0.29) is 28.0 Å². The summed E-state index contributed by atoms with van der Waals surface area (Å²) in [7, 11) is 6.21. The van der Waals surface area contributed by atoms with Crippen molar-refractivity contribution in [3.63, 3.8) is 0 Å². The van der Waals surface area contributed by atoms with Gasteiger partial charge in [-0.15, -0.1) is 0 Å². The highest BCUT2D eigenvalue weighted by atomic mass is 16.5. The summed E-state index contributed by atoms with van der Waals surface area (Å²) >= 11 is 0. The molecule has 2 amide bonds. The molecule has 2 N–H and O–H groups in total. The van der Waals surface area contributed by atoms with Crippen molar-refractivity contribution < 1.29 is 33.0 Å². The van der Waals surface area contributed by atoms with E-state index in [2.05, 4.69) is 27.7 Å². The van der Waals surface area contributed by atoms with E-state index in [9.17, 15) is 14.4 Å². The van der Waals surface area contributed by atoms with E-state index in [0.717, 1.165) is 55.6 Å². The number of fused-ring (bicyclic) bond motifs is 2. The van der Waals surface area contributed by atoms with Gasteiger partial charge in [0.25, 0.3) is 11.8 Å². The summed E-state index contributed by atoms with van der Waals surface area (Å²) in [4.78, 5) is 41.9. The molecule has 4 aromatic carbocycles. The topological polar surface area (TPSA) is 129 Å². The number of anilines is 2. The molecule has 1 aliphatic heterocycles. The van der Waals surface area contributed by atoms with Gasteiger partial charge in [0.2, 0.25) is 0 Å². The first-order valence-electron chi connectivity index (χ1n) is 15.8. The minimum absolute atomic E-state index is 0.123. The second kappa shape index (κ2) is 14.5. The summed E-state index contributed by atoms with van der Waals surface area (Å²) in [6.45, 7) is 2.67. The van der Waals surface area contributed by atoms with Gasteiger partial charge in [-0.2, -0.15) is 0 Å². The number of amides is 2. The van der Waals surface area contributed by atoms with Crippen molar-refractivity contribution in [2.24, 2.45) is 0 Å². The van der Waals surface area contributed by atoms with Crippen molar-refractivity contribution in [3.8, 4) is 23.0 Å². The Labute approximate surface area is 283 Å². The Bertz CT molecular complexity index is 2070. The van der Waals surface area contributed by atoms with Crippen LogP contribution in [0.1, 0.15) is 37.6 Å². The number of hydrogen-bond donors (Lipinski definition) is 2. The first-order chi connectivity index (χ1) is 23.8. The van der Waals surface area contributed by atoms with Gasteiger partial charge in [0.05, 0.1) is 45.1 Å². The molecule has 11 nitrogen and oxygen atoms in total. The zero-order chi connectivity index (χ0) is 34.5. The highest BCUT2D eigenvalue weighted by Gasteiger charge is 2.22. The maximum absolute atomic E-state index is 13.6. The average Bonchev–Trinajstić information content (AvgIpc) is 3.13. The molecule has 0 aliphatic carbocycles. The number of nitrogens with zero attached hydrogens (tertiary/aromatic N) is 1. The number of hydrogen-bond acceptors (Lipinski definition) is 9. The largest absolute Gasteiger partial charge is 0.493 e. The quantitative estimate of drug-likeness (QED) is 0.177. The molecule has 0 spiro atoms. The highest BCUT2D eigenvalue weighted by molar-refractivity contribution is 6.12. The summed E-state index contributed by atoms with van der Waals surface area (Å²) in [6, 6.07) is 22.5. The van der Waals surface area contributed by atoms with Gasteiger partial charge in [0.1, 0.15) is 5.58 Å². The smallest absolute Gasteiger partial charge is 0.291 e. The van der Waals surface area contributed by atoms with Gasteiger partial charge in [-0.3, -0.25) is 19.3 Å². The van der Waals surface area contributed by atoms with E-state index in [4.69, 9.17) is 23.4 Å². The first-order valence-corrected chi connectivity index (χ1v) is 15.8. The van der Waals surface area contributed by atoms with Crippen LogP contribution in [0.15, 0.2) is 88.1 Å². The van der Waals surface area contributed by atoms with Gasteiger partial charge in [0, 0.05) is 37.5 Å². The third-order valence-corrected chi connectivity index (χ3v) is 8.60. The zero-order valence-electron chi connectivity index (χ0n) is 27.8. The van der Waals surface area contributed by atoms with Crippen molar-refractivity contribution in [2.45, 2.75) is 19.4 Å². The van der Waals surface area contributed by atoms with Crippen LogP contribution in [0.4, 0.5) is 11.4 Å². The molecule has 0 fully saturated rings. The molecule has 0 atom stereocenters. The molecule has 5 aromatic rings. The molecule has 0 saturated heterocycles. The van der Waals surface area contributed by atoms with E-state index in [0.29, 0.717) is 22.6 Å². The molecule has 1 aliphatic rings. The molecule has 6 rings (SSSR count). The number of para-hydroxylation sites is 1. The summed E-state index contributed by atoms with van der Waals surface area (Å²) in [5.74, 6) is 0.707. The fourth-order valence-electron chi connectivity index (χ4n) is 5.94. The molecular weight excluding hydrogens is 626 g/mol. The number of nitrogens with one attached hydrogen (secondary N) is 2. The standard InChI is InChI=1S/C38H37N3O8/c1-45-32-17-24-14-16-41(22-25(24)18-33(32)46-2)15-13-23-9-11-26(12-10-23)39-37(43)28-19-34(47-3)35(48-4)20-29(28)40-38(44)36-21-30(42)27-7-5-6-8-31(27)49-36/h5-12,17-21H,13-16,22H2,1-4H3,(H,39,43)(H,40,44). The van der Waals surface area contributed by atoms with Crippen molar-refractivity contribution in [2.75, 3.05) is 52.2 Å². The van der Waals surface area contributed by atoms with Gasteiger partial charge in [-0.05, 0) is 72.0 Å². The monoisotopic (exact) mass is 663 g/mol. The van der Waals surface area contributed by atoms with Crippen LogP contribution in [0.3, 0.4) is 0 Å². The predicted molar refractivity (Wildman–Crippen MR) is 187 cm³/mol. The van der Waals surface area contributed by atoms with E-state index in [1.807, 2.05) is 24.3 Å². The van der Waals surface area contributed by atoms with Crippen LogP contribution in [0.5, 0.6) is 23.0 Å². The lowest BCUT2D eigenvalue weighted by atomic mass is 9.98. The second-order valence-corrected chi connectivity index (χ2v) is 11.6. The predicted octanol–water partition coefficient (Wildman–Crippen LogP) is 5.93. The average molecular weight is 664 g/mol. The maximum Gasteiger partial charge on any atom is 0.291 e. The third kappa shape index (κ3) is 7.21. The third-order valence-electron chi connectivity index (χ3n) is 8.60. The van der Waals surface area contributed by atoms with Crippen LogP contribution in [-0.4, -0.2) is 58.2 Å². The van der Waals surface area contributed by atoms with Crippen LogP contribution in [0.25, 0.3) is 11.0 Å². The number of ether oxygens (including phenoxy) is 4. The van der Waals surface area contributed by atoms with Crippen LogP contribution in [0, 0.1) is 0 Å². The zero-order valence-corrected chi connectivity index (χ0v) is 27.8. The molecule has 11 heteroatoms. The lowest BCUT2D eigenvalue weighted by Gasteiger charge is -2.29. The van der Waals surface area contributed by atoms with Crippen LogP contribution in [-0.2, 0) is 19.4 Å². The molecule has 0 unspecified atom stereocenters. The minimum atomic E-state index is -0.704. The lowest BCUT2D eigenvalue weighted by molar-refractivity contribution is 0.0997. The fraction of sp³-hybridized carbons (Fsp3) is 0.237. The minimum Gasteiger partial charge on any atom is -0.493 e. The molecule has 2 heterocycles. The summed E-state index contributed by atoms with van der Waals surface area (Å²) in [5.41, 5.74) is 4.42. The van der Waals surface area contributed by atoms with Crippen molar-refractivity contribution in [1.29, 1.82) is 0 Å². The number of carbonyl (C=O) groups excluding carboxylic acids is 2. The van der Waals surface area contributed by atoms with Crippen LogP contribution in [0.2, 0.25) is 0 Å². The maximum atomic E-state index is 13.6. The van der Waals surface area contributed by atoms with Gasteiger partial charge in [-0.1, -0.05) is 24.3 Å². The number of rotatable bonds is 11. The highest BCUT2D eigenvalue weighted by Crippen LogP contribution is 2.35. The number of methoxy groups -OCH3 is 4. The summed E-state index contributed by atoms with van der Waals surface area (Å²) < 4.78 is 27.5. The SMILES string of the molecule is COc1cc2c(cc1OC)CN(CCc1ccc(NC(=O)c3cc(OC)c(OC)cc3NC(=O)c3cc(=O)c4ccccc4o3)cc1)CC2.